The van der Waals surface area contributed by atoms with E-state index in [4.69, 9.17) is 15.3 Å². The first kappa shape index (κ1) is 31.5. The first-order valence-electron chi connectivity index (χ1n) is 13.9. The van der Waals surface area contributed by atoms with Crippen molar-refractivity contribution in [3.05, 3.63) is 60.7 Å². The third-order valence-electron chi connectivity index (χ3n) is 7.91. The maximum absolute atomic E-state index is 11.1. The number of aliphatic hydroxyl groups is 1. The molecule has 2 rings (SSSR count). The van der Waals surface area contributed by atoms with E-state index < -0.39 is 22.7 Å². The number of hydrogen-bond acceptors (Lipinski definition) is 3. The molecule has 1 N–H and O–H groups in total. The Morgan fingerprint density at radius 3 is 1.59 bits per heavy atom. The van der Waals surface area contributed by atoms with Gasteiger partial charge in [0.25, 0.3) is 8.32 Å². The Balaban J connectivity index is 2.23. The van der Waals surface area contributed by atoms with E-state index in [0.717, 1.165) is 0 Å². The molecule has 0 bridgehead atoms. The Labute approximate surface area is 229 Å². The molecule has 0 fully saturated rings. The highest BCUT2D eigenvalue weighted by molar-refractivity contribution is 6.99. The van der Waals surface area contributed by atoms with Gasteiger partial charge in [-0.05, 0) is 38.5 Å². The van der Waals surface area contributed by atoms with Gasteiger partial charge in [-0.2, -0.15) is 0 Å². The zero-order valence-corrected chi connectivity index (χ0v) is 26.6. The normalized spacial score (nSPS) is 14.7. The quantitative estimate of drug-likeness (QED) is 0.223. The Morgan fingerprint density at radius 2 is 1.24 bits per heavy atom. The summed E-state index contributed by atoms with van der Waals surface area (Å²) < 4.78 is 13.8. The van der Waals surface area contributed by atoms with Gasteiger partial charge in [-0.3, -0.25) is 0 Å². The maximum Gasteiger partial charge on any atom is 0.261 e. The van der Waals surface area contributed by atoms with Crippen LogP contribution in [0.3, 0.4) is 0 Å². The molecule has 0 aliphatic carbocycles. The Morgan fingerprint density at radius 1 is 0.811 bits per heavy atom. The summed E-state index contributed by atoms with van der Waals surface area (Å²) in [5, 5.41) is 13.5. The van der Waals surface area contributed by atoms with Gasteiger partial charge < -0.3 is 14.0 Å². The lowest BCUT2D eigenvalue weighted by atomic mass is 10.1. The molecule has 0 heterocycles. The molecule has 37 heavy (non-hydrogen) atoms. The van der Waals surface area contributed by atoms with Crippen molar-refractivity contribution >= 4 is 27.0 Å². The zero-order chi connectivity index (χ0) is 27.9. The minimum atomic E-state index is -2.62. The van der Waals surface area contributed by atoms with Gasteiger partial charge in [0, 0.05) is 13.0 Å². The molecular weight excluding hydrogens is 489 g/mol. The number of terminal acetylenes is 1. The van der Waals surface area contributed by atoms with Gasteiger partial charge in [-0.15, -0.1) is 6.42 Å². The summed E-state index contributed by atoms with van der Waals surface area (Å²) in [5.41, 5.74) is 1.33. The van der Waals surface area contributed by atoms with Crippen molar-refractivity contribution in [1.29, 1.82) is 0 Å². The highest BCUT2D eigenvalue weighted by Crippen LogP contribution is 2.43. The van der Waals surface area contributed by atoms with E-state index in [1.54, 1.807) is 0 Å². The summed E-state index contributed by atoms with van der Waals surface area (Å²) in [6.45, 7) is 20.8. The highest BCUT2D eigenvalue weighted by Gasteiger charge is 2.50. The third-order valence-corrected chi connectivity index (χ3v) is 19.1. The van der Waals surface area contributed by atoms with Crippen LogP contribution in [0.5, 0.6) is 0 Å². The first-order chi connectivity index (χ1) is 17.3. The summed E-state index contributed by atoms with van der Waals surface area (Å²) in [6, 6.07) is 21.2. The van der Waals surface area contributed by atoms with E-state index in [1.807, 2.05) is 0 Å². The van der Waals surface area contributed by atoms with Crippen molar-refractivity contribution < 1.29 is 14.0 Å². The van der Waals surface area contributed by atoms with Crippen molar-refractivity contribution in [2.24, 2.45) is 0 Å². The maximum atomic E-state index is 11.1. The zero-order valence-electron chi connectivity index (χ0n) is 24.6. The predicted molar refractivity (Wildman–Crippen MR) is 164 cm³/mol. The molecule has 0 amide bonds. The van der Waals surface area contributed by atoms with Crippen LogP contribution in [0.4, 0.5) is 0 Å². The molecule has 2 atom stereocenters. The van der Waals surface area contributed by atoms with Crippen LogP contribution in [0, 0.1) is 12.3 Å². The van der Waals surface area contributed by atoms with Gasteiger partial charge in [-0.1, -0.05) is 129 Å². The smallest absolute Gasteiger partial charge is 0.261 e. The second kappa shape index (κ2) is 13.4. The van der Waals surface area contributed by atoms with Gasteiger partial charge >= 0.3 is 0 Å². The lowest BCUT2D eigenvalue weighted by Gasteiger charge is -2.44. The van der Waals surface area contributed by atoms with Gasteiger partial charge in [-0.25, -0.2) is 0 Å². The van der Waals surface area contributed by atoms with E-state index in [1.165, 1.54) is 10.4 Å². The summed E-state index contributed by atoms with van der Waals surface area (Å²) in [7, 11) is -4.75. The van der Waals surface area contributed by atoms with Gasteiger partial charge in [0.2, 0.25) is 8.32 Å². The molecule has 3 nitrogen and oxygen atoms in total. The van der Waals surface area contributed by atoms with E-state index in [-0.39, 0.29) is 11.1 Å². The van der Waals surface area contributed by atoms with Crippen molar-refractivity contribution in [3.63, 3.8) is 0 Å². The van der Waals surface area contributed by atoms with Crippen LogP contribution in [0.15, 0.2) is 60.7 Å². The molecule has 2 aromatic rings. The van der Waals surface area contributed by atoms with Crippen molar-refractivity contribution in [1.82, 2.24) is 0 Å². The van der Waals surface area contributed by atoms with Crippen LogP contribution >= 0.6 is 0 Å². The second-order valence-electron chi connectivity index (χ2n) is 12.3. The van der Waals surface area contributed by atoms with E-state index >= 15 is 0 Å². The molecule has 0 saturated carbocycles. The van der Waals surface area contributed by atoms with Crippen LogP contribution in [0.2, 0.25) is 21.7 Å². The number of benzene rings is 2. The Bertz CT molecular complexity index is 913. The number of rotatable bonds is 13. The van der Waals surface area contributed by atoms with Gasteiger partial charge in [0.05, 0.1) is 6.10 Å². The average Bonchev–Trinajstić information content (AvgIpc) is 2.84. The topological polar surface area (TPSA) is 38.7 Å². The fourth-order valence-corrected chi connectivity index (χ4v) is 16.3. The summed E-state index contributed by atoms with van der Waals surface area (Å²) in [5.74, 6) is 2.86. The Hall–Kier alpha value is -1.69. The minimum absolute atomic E-state index is 0.0951. The average molecular weight is 539 g/mol. The van der Waals surface area contributed by atoms with E-state index in [9.17, 15) is 5.11 Å². The van der Waals surface area contributed by atoms with Crippen LogP contribution in [0.1, 0.15) is 75.2 Å². The molecule has 0 radical (unpaired) electrons. The molecule has 2 aromatic carbocycles. The first-order valence-corrected chi connectivity index (χ1v) is 17.9. The molecule has 0 saturated heterocycles. The molecule has 0 aliphatic rings. The molecule has 0 aliphatic heterocycles. The van der Waals surface area contributed by atoms with Gasteiger partial charge in [0.15, 0.2) is 0 Å². The van der Waals surface area contributed by atoms with Crippen LogP contribution in [0.25, 0.3) is 0 Å². The SMILES string of the molecule is C#C[C@@H](C[C@H](O)CCO[Si](c1ccccc1)(c1ccccc1)C(C)(C)C)O[Si](C(C)C)(C(C)C)C(C)C. The van der Waals surface area contributed by atoms with Crippen LogP contribution in [-0.4, -0.2) is 40.6 Å². The van der Waals surface area contributed by atoms with E-state index in [2.05, 4.69) is 129 Å². The predicted octanol–water partition coefficient (Wildman–Crippen LogP) is 6.90. The van der Waals surface area contributed by atoms with Crippen molar-refractivity contribution in [2.45, 2.75) is 109 Å². The number of aliphatic hydroxyl groups excluding tert-OH is 1. The molecule has 5 heteroatoms. The molecule has 0 unspecified atom stereocenters. The van der Waals surface area contributed by atoms with Crippen molar-refractivity contribution in [3.8, 4) is 12.3 Å². The van der Waals surface area contributed by atoms with Crippen LogP contribution in [-0.2, 0) is 8.85 Å². The monoisotopic (exact) mass is 538 g/mol. The molecule has 0 aromatic heterocycles. The minimum Gasteiger partial charge on any atom is -0.407 e. The van der Waals surface area contributed by atoms with Crippen molar-refractivity contribution in [2.75, 3.05) is 6.61 Å². The summed E-state index contributed by atoms with van der Waals surface area (Å²) >= 11 is 0. The summed E-state index contributed by atoms with van der Waals surface area (Å²) in [4.78, 5) is 0. The fraction of sp³-hybridized carbons (Fsp3) is 0.562. The Kier molecular flexibility index (Phi) is 11.4. The number of hydrogen-bond donors (Lipinski definition) is 1. The molecule has 204 valence electrons. The fourth-order valence-electron chi connectivity index (χ4n) is 6.28. The largest absolute Gasteiger partial charge is 0.407 e. The van der Waals surface area contributed by atoms with Gasteiger partial charge in [0.1, 0.15) is 6.10 Å². The lowest BCUT2D eigenvalue weighted by molar-refractivity contribution is 0.0889. The lowest BCUT2D eigenvalue weighted by Crippen LogP contribution is -2.66. The summed E-state index contributed by atoms with van der Waals surface area (Å²) in [6.07, 6.45) is 5.93. The van der Waals surface area contributed by atoms with E-state index in [0.29, 0.717) is 36.1 Å². The third kappa shape index (κ3) is 7.05. The molecular formula is C32H50O3Si2. The highest BCUT2D eigenvalue weighted by atomic mass is 28.4. The van der Waals surface area contributed by atoms with Crippen LogP contribution < -0.4 is 10.4 Å². The second-order valence-corrected chi connectivity index (χ2v) is 22.0. The standard InChI is InChI=1S/C32H50O3Si2/c1-11-29(35-36(25(2)3,26(4)5)27(6)7)24-28(33)22-23-34-37(32(8,9)10,30-18-14-12-15-19-30)31-20-16-13-17-21-31/h1,12-21,25-29,33H,22-24H2,2-10H3/t28-,29+/m1/s1. The molecule has 0 spiro atoms.